The summed E-state index contributed by atoms with van der Waals surface area (Å²) < 4.78 is 0. The van der Waals surface area contributed by atoms with Gasteiger partial charge in [0.2, 0.25) is 0 Å². The predicted octanol–water partition coefficient (Wildman–Crippen LogP) is 5.73. The topological polar surface area (TPSA) is 40.5 Å². The van der Waals surface area contributed by atoms with E-state index in [1.54, 1.807) is 0 Å². The SMILES string of the molecule is C=CC(O)(CO)CCCCCC[C@H]1CC=C[C@@H]1C=CCCC=CCC. The van der Waals surface area contributed by atoms with Crippen LogP contribution in [0, 0.1) is 11.8 Å². The Hall–Kier alpha value is -1.12. The maximum atomic E-state index is 9.95. The highest BCUT2D eigenvalue weighted by Gasteiger charge is 2.21. The molecule has 1 unspecified atom stereocenters. The molecule has 0 fully saturated rings. The number of hydrogen-bond acceptors (Lipinski definition) is 2. The lowest BCUT2D eigenvalue weighted by molar-refractivity contribution is 0.0186. The van der Waals surface area contributed by atoms with Crippen molar-refractivity contribution in [3.63, 3.8) is 0 Å². The van der Waals surface area contributed by atoms with Gasteiger partial charge in [-0.25, -0.2) is 0 Å². The molecule has 0 radical (unpaired) electrons. The van der Waals surface area contributed by atoms with E-state index in [2.05, 4.69) is 50.0 Å². The molecule has 2 heteroatoms. The van der Waals surface area contributed by atoms with E-state index in [1.165, 1.54) is 31.8 Å². The van der Waals surface area contributed by atoms with Gasteiger partial charge in [0.15, 0.2) is 0 Å². The lowest BCUT2D eigenvalue weighted by Gasteiger charge is -2.21. The number of aliphatic hydroxyl groups is 2. The van der Waals surface area contributed by atoms with Gasteiger partial charge in [-0.1, -0.05) is 75.1 Å². The zero-order valence-electron chi connectivity index (χ0n) is 16.1. The van der Waals surface area contributed by atoms with Crippen molar-refractivity contribution in [2.45, 2.75) is 76.7 Å². The summed E-state index contributed by atoms with van der Waals surface area (Å²) in [6.07, 6.45) is 26.5. The lowest BCUT2D eigenvalue weighted by Crippen LogP contribution is -2.30. The normalized spacial score (nSPS) is 22.8. The van der Waals surface area contributed by atoms with Crippen LogP contribution in [0.4, 0.5) is 0 Å². The zero-order valence-corrected chi connectivity index (χ0v) is 16.1. The quantitative estimate of drug-likeness (QED) is 0.311. The summed E-state index contributed by atoms with van der Waals surface area (Å²) in [7, 11) is 0. The first kappa shape index (κ1) is 21.9. The summed E-state index contributed by atoms with van der Waals surface area (Å²) in [5, 5.41) is 19.1. The van der Waals surface area contributed by atoms with E-state index >= 15 is 0 Å². The zero-order chi connectivity index (χ0) is 18.4. The standard InChI is InChI=1S/C23H38O2/c1-3-5-6-7-8-11-15-21-17-14-18-22(21)16-12-9-10-13-19-23(25,4-2)20-24/h4-6,11,14-15,17,21-22,24-25H,2-3,7-10,12-13,16,18-20H2,1H3/t21-,22-,23?/m0/s1. The third kappa shape index (κ3) is 9.23. The van der Waals surface area contributed by atoms with Gasteiger partial charge in [-0.05, 0) is 50.4 Å². The summed E-state index contributed by atoms with van der Waals surface area (Å²) in [5.41, 5.74) is -1.09. The van der Waals surface area contributed by atoms with Crippen molar-refractivity contribution in [1.29, 1.82) is 0 Å². The molecule has 1 aliphatic carbocycles. The molecule has 142 valence electrons. The molecule has 3 atom stereocenters. The van der Waals surface area contributed by atoms with Crippen molar-refractivity contribution < 1.29 is 10.2 Å². The molecule has 1 rings (SSSR count). The Labute approximate surface area is 155 Å². The second-order valence-electron chi connectivity index (χ2n) is 7.31. The molecule has 0 aromatic heterocycles. The maximum Gasteiger partial charge on any atom is 0.105 e. The van der Waals surface area contributed by atoms with Gasteiger partial charge < -0.3 is 10.2 Å². The number of hydrogen-bond donors (Lipinski definition) is 2. The first-order valence-corrected chi connectivity index (χ1v) is 10.1. The summed E-state index contributed by atoms with van der Waals surface area (Å²) in [6, 6.07) is 0. The van der Waals surface area contributed by atoms with Crippen molar-refractivity contribution in [3.05, 3.63) is 49.1 Å². The van der Waals surface area contributed by atoms with Crippen molar-refractivity contribution in [2.24, 2.45) is 11.8 Å². The van der Waals surface area contributed by atoms with E-state index in [0.29, 0.717) is 12.3 Å². The molecule has 0 aromatic rings. The molecule has 1 aliphatic rings. The third-order valence-electron chi connectivity index (χ3n) is 5.19. The Kier molecular flexibility index (Phi) is 11.5. The van der Waals surface area contributed by atoms with Gasteiger partial charge in [-0.2, -0.15) is 0 Å². The van der Waals surface area contributed by atoms with Gasteiger partial charge in [0.25, 0.3) is 0 Å². The monoisotopic (exact) mass is 346 g/mol. The van der Waals surface area contributed by atoms with Crippen LogP contribution in [0.5, 0.6) is 0 Å². The highest BCUT2D eigenvalue weighted by Crippen LogP contribution is 2.31. The summed E-state index contributed by atoms with van der Waals surface area (Å²) >= 11 is 0. The molecule has 0 saturated carbocycles. The van der Waals surface area contributed by atoms with Crippen LogP contribution in [0.15, 0.2) is 49.1 Å². The Morgan fingerprint density at radius 3 is 2.60 bits per heavy atom. The van der Waals surface area contributed by atoms with Crippen molar-refractivity contribution in [2.75, 3.05) is 6.61 Å². The second-order valence-corrected chi connectivity index (χ2v) is 7.31. The first-order valence-electron chi connectivity index (χ1n) is 10.1. The van der Waals surface area contributed by atoms with Crippen molar-refractivity contribution in [1.82, 2.24) is 0 Å². The molecule has 2 N–H and O–H groups in total. The van der Waals surface area contributed by atoms with Crippen molar-refractivity contribution in [3.8, 4) is 0 Å². The second kappa shape index (κ2) is 13.1. The number of unbranched alkanes of at least 4 members (excludes halogenated alkanes) is 4. The molecule has 0 heterocycles. The Morgan fingerprint density at radius 2 is 1.88 bits per heavy atom. The van der Waals surface area contributed by atoms with Gasteiger partial charge in [0, 0.05) is 0 Å². The Balaban J connectivity index is 2.14. The molecule has 0 bridgehead atoms. The van der Waals surface area contributed by atoms with Crippen LogP contribution < -0.4 is 0 Å². The van der Waals surface area contributed by atoms with Crippen LogP contribution in [0.1, 0.15) is 71.1 Å². The summed E-state index contributed by atoms with van der Waals surface area (Å²) in [6.45, 7) is 5.54. The van der Waals surface area contributed by atoms with E-state index in [9.17, 15) is 5.11 Å². The minimum atomic E-state index is -1.09. The van der Waals surface area contributed by atoms with Crippen LogP contribution in [-0.2, 0) is 0 Å². The highest BCUT2D eigenvalue weighted by atomic mass is 16.3. The number of aliphatic hydroxyl groups excluding tert-OH is 1. The summed E-state index contributed by atoms with van der Waals surface area (Å²) in [5.74, 6) is 1.39. The average Bonchev–Trinajstić information content (AvgIpc) is 3.08. The fraction of sp³-hybridized carbons (Fsp3) is 0.652. The molecule has 2 nitrogen and oxygen atoms in total. The van der Waals surface area contributed by atoms with E-state index in [0.717, 1.165) is 38.0 Å². The number of allylic oxidation sites excluding steroid dienone is 6. The first-order chi connectivity index (χ1) is 12.1. The molecule has 0 aromatic carbocycles. The van der Waals surface area contributed by atoms with E-state index in [1.807, 2.05) is 0 Å². The molecular weight excluding hydrogens is 308 g/mol. The maximum absolute atomic E-state index is 9.95. The fourth-order valence-corrected chi connectivity index (χ4v) is 3.42. The minimum absolute atomic E-state index is 0.230. The average molecular weight is 347 g/mol. The van der Waals surface area contributed by atoms with Gasteiger partial charge in [-0.15, -0.1) is 6.58 Å². The molecule has 0 aliphatic heterocycles. The van der Waals surface area contributed by atoms with Crippen LogP contribution in [0.2, 0.25) is 0 Å². The van der Waals surface area contributed by atoms with Crippen LogP contribution in [-0.4, -0.2) is 22.4 Å². The van der Waals surface area contributed by atoms with Crippen LogP contribution in [0.3, 0.4) is 0 Å². The molecule has 25 heavy (non-hydrogen) atoms. The largest absolute Gasteiger partial charge is 0.393 e. The summed E-state index contributed by atoms with van der Waals surface area (Å²) in [4.78, 5) is 0. The predicted molar refractivity (Wildman–Crippen MR) is 108 cm³/mol. The lowest BCUT2D eigenvalue weighted by atomic mass is 9.89. The molecule has 0 saturated heterocycles. The van der Waals surface area contributed by atoms with Gasteiger partial charge >= 0.3 is 0 Å². The minimum Gasteiger partial charge on any atom is -0.393 e. The molecule has 0 spiro atoms. The number of rotatable bonds is 14. The smallest absolute Gasteiger partial charge is 0.105 e. The molecular formula is C23H38O2. The highest BCUT2D eigenvalue weighted by molar-refractivity contribution is 5.10. The Morgan fingerprint density at radius 1 is 1.12 bits per heavy atom. The molecule has 0 amide bonds. The van der Waals surface area contributed by atoms with Crippen LogP contribution in [0.25, 0.3) is 0 Å². The van der Waals surface area contributed by atoms with Gasteiger partial charge in [-0.3, -0.25) is 0 Å². The Bertz CT molecular complexity index is 435. The van der Waals surface area contributed by atoms with E-state index < -0.39 is 5.60 Å². The fourth-order valence-electron chi connectivity index (χ4n) is 3.42. The van der Waals surface area contributed by atoms with E-state index in [-0.39, 0.29) is 6.61 Å². The van der Waals surface area contributed by atoms with Gasteiger partial charge in [0.1, 0.15) is 5.60 Å². The van der Waals surface area contributed by atoms with E-state index in [4.69, 9.17) is 5.11 Å². The third-order valence-corrected chi connectivity index (χ3v) is 5.19. The van der Waals surface area contributed by atoms with Crippen LogP contribution >= 0.6 is 0 Å². The van der Waals surface area contributed by atoms with Gasteiger partial charge in [0.05, 0.1) is 6.61 Å². The van der Waals surface area contributed by atoms with Crippen molar-refractivity contribution >= 4 is 0 Å².